The van der Waals surface area contributed by atoms with Gasteiger partial charge in [-0.05, 0) is 0 Å². The van der Waals surface area contributed by atoms with Crippen molar-refractivity contribution in [2.75, 3.05) is 19.8 Å². The predicted molar refractivity (Wildman–Crippen MR) is 104 cm³/mol. The maximum absolute atomic E-state index is 11.3. The molecule has 0 saturated carbocycles. The van der Waals surface area contributed by atoms with Gasteiger partial charge in [0.05, 0.1) is 13.2 Å². The number of aliphatic hydroxyl groups is 3. The zero-order valence-corrected chi connectivity index (χ0v) is 20.7. The quantitative estimate of drug-likeness (QED) is 0.0659. The minimum atomic E-state index is -5.16. The van der Waals surface area contributed by atoms with E-state index in [1.807, 2.05) is 0 Å². The van der Waals surface area contributed by atoms with Crippen molar-refractivity contribution >= 4 is 49.3 Å². The van der Waals surface area contributed by atoms with E-state index in [4.69, 9.17) is 34.5 Å². The molecule has 0 aromatic rings. The summed E-state index contributed by atoms with van der Waals surface area (Å²) in [5, 5.41) is 27.0. The molecule has 3 unspecified atom stereocenters. The molecule has 0 aliphatic carbocycles. The minimum absolute atomic E-state index is 0.0114. The highest BCUT2D eigenvalue weighted by Gasteiger charge is 2.33. The number of aldehydes is 1. The maximum Gasteiger partial charge on any atom is 0.530 e. The van der Waals surface area contributed by atoms with Gasteiger partial charge in [-0.25, -0.2) is 18.3 Å². The van der Waals surface area contributed by atoms with Crippen molar-refractivity contribution in [2.45, 2.75) is 25.2 Å². The molecule has 5 atom stereocenters. The number of hydrogen-bond acceptors (Lipinski definition) is 15. The summed E-state index contributed by atoms with van der Waals surface area (Å²) in [5.74, 6) is -2.46. The van der Waals surface area contributed by atoms with Crippen molar-refractivity contribution in [3.8, 4) is 0 Å². The molecule has 0 bridgehead atoms. The number of phosphoric ester groups is 3. The van der Waals surface area contributed by atoms with Crippen molar-refractivity contribution in [3.05, 3.63) is 0 Å². The Balaban J connectivity index is 0. The lowest BCUT2D eigenvalue weighted by atomic mass is 10.1. The first kappa shape index (κ1) is 36.4. The van der Waals surface area contributed by atoms with E-state index in [0.717, 1.165) is 6.92 Å². The summed E-state index contributed by atoms with van der Waals surface area (Å²) in [4.78, 5) is 82.0. The maximum atomic E-state index is 11.3. The molecule has 0 spiro atoms. The fraction of sp³-hybridized carbons (Fsp3) is 0.700. The SMILES string of the molecule is CC(=O)OP(=O)(O)OCC(=O)[C@@H](O)[C@H](O)COP(=O)(O)O.O=CC(O)COP(=O)(O)OP(=O)(O)O. The topological polar surface area (TPSA) is 348 Å². The molecule has 0 saturated heterocycles. The third-order valence-electron chi connectivity index (χ3n) is 2.50. The lowest BCUT2D eigenvalue weighted by Crippen LogP contribution is -2.38. The second-order valence-corrected chi connectivity index (χ2v) is 11.1. The summed E-state index contributed by atoms with van der Waals surface area (Å²) in [6.07, 6.45) is -5.87. The molecule has 21 nitrogen and oxygen atoms in total. The highest BCUT2D eigenvalue weighted by molar-refractivity contribution is 7.60. The van der Waals surface area contributed by atoms with E-state index < -0.39 is 81.2 Å². The zero-order chi connectivity index (χ0) is 28.3. The van der Waals surface area contributed by atoms with Gasteiger partial charge < -0.3 is 49.1 Å². The largest absolute Gasteiger partial charge is 0.530 e. The molecule has 0 rings (SSSR count). The number of hydrogen-bond donors (Lipinski definition) is 9. The lowest BCUT2D eigenvalue weighted by molar-refractivity contribution is -0.139. The van der Waals surface area contributed by atoms with Gasteiger partial charge in [-0.3, -0.25) is 28.1 Å². The predicted octanol–water partition coefficient (Wildman–Crippen LogP) is -3.16. The Hall–Kier alpha value is -0.790. The monoisotopic (exact) mass is 602 g/mol. The summed E-state index contributed by atoms with van der Waals surface area (Å²) in [7, 11) is -19.9. The van der Waals surface area contributed by atoms with Gasteiger partial charge >= 0.3 is 37.3 Å². The van der Waals surface area contributed by atoms with Crippen LogP contribution in [0.25, 0.3) is 0 Å². The molecular formula is C10H22O21P4. The third-order valence-corrected chi connectivity index (χ3v) is 6.08. The molecule has 0 aromatic carbocycles. The summed E-state index contributed by atoms with van der Waals surface area (Å²) in [6, 6.07) is 0. The third kappa shape index (κ3) is 22.2. The van der Waals surface area contributed by atoms with Crippen molar-refractivity contribution in [3.63, 3.8) is 0 Å². The highest BCUT2D eigenvalue weighted by atomic mass is 31.3. The Kier molecular flexibility index (Phi) is 16.1. The normalized spacial score (nSPS) is 18.0. The van der Waals surface area contributed by atoms with Gasteiger partial charge in [-0.15, -0.1) is 0 Å². The number of phosphoric acid groups is 4. The molecule has 0 radical (unpaired) electrons. The first-order valence-corrected chi connectivity index (χ1v) is 14.2. The average Bonchev–Trinajstić information content (AvgIpc) is 2.65. The molecule has 208 valence electrons. The second kappa shape index (κ2) is 15.5. The van der Waals surface area contributed by atoms with Gasteiger partial charge in [-0.2, -0.15) is 4.31 Å². The number of ketones is 1. The fourth-order valence-corrected chi connectivity index (χ4v) is 3.89. The van der Waals surface area contributed by atoms with Gasteiger partial charge in [0.15, 0.2) is 12.1 Å². The van der Waals surface area contributed by atoms with Crippen LogP contribution >= 0.6 is 31.3 Å². The second-order valence-electron chi connectivity index (χ2n) is 5.63. The van der Waals surface area contributed by atoms with Gasteiger partial charge in [0.2, 0.25) is 0 Å². The van der Waals surface area contributed by atoms with E-state index in [1.54, 1.807) is 0 Å². The van der Waals surface area contributed by atoms with E-state index in [0.29, 0.717) is 0 Å². The van der Waals surface area contributed by atoms with Gasteiger partial charge in [0.25, 0.3) is 0 Å². The summed E-state index contributed by atoms with van der Waals surface area (Å²) in [6.45, 7) is -2.36. The summed E-state index contributed by atoms with van der Waals surface area (Å²) < 4.78 is 61.1. The molecule has 0 aromatic heterocycles. The van der Waals surface area contributed by atoms with Crippen LogP contribution in [0.5, 0.6) is 0 Å². The summed E-state index contributed by atoms with van der Waals surface area (Å²) in [5.41, 5.74) is 0. The standard InChI is InChI=1S/C7H14O12P2.C3H8O9P2/c1-4(8)19-21(15,16)18-3-6(10)7(11)5(9)2-17-20(12,13)14;4-1-3(5)2-11-14(9,10)12-13(6,7)8/h5,7,9,11H,2-3H2,1H3,(H,15,16)(H2,12,13,14);1,3,5H,2H2,(H,9,10)(H2,6,7,8)/t5-,7+;/m1./s1. The first-order chi connectivity index (χ1) is 15.5. The Morgan fingerprint density at radius 1 is 0.800 bits per heavy atom. The minimum Gasteiger partial charge on any atom is -0.388 e. The Morgan fingerprint density at radius 3 is 1.71 bits per heavy atom. The van der Waals surface area contributed by atoms with Crippen LogP contribution in [-0.4, -0.2) is 101 Å². The highest BCUT2D eigenvalue weighted by Crippen LogP contribution is 2.57. The zero-order valence-electron chi connectivity index (χ0n) is 17.1. The number of carbonyl (C=O) groups excluding carboxylic acids is 3. The number of aliphatic hydroxyl groups excluding tert-OH is 3. The van der Waals surface area contributed by atoms with Crippen LogP contribution in [0.3, 0.4) is 0 Å². The van der Waals surface area contributed by atoms with Crippen LogP contribution < -0.4 is 0 Å². The molecule has 35 heavy (non-hydrogen) atoms. The van der Waals surface area contributed by atoms with E-state index in [2.05, 4.69) is 22.4 Å². The van der Waals surface area contributed by atoms with E-state index in [1.165, 1.54) is 0 Å². The summed E-state index contributed by atoms with van der Waals surface area (Å²) >= 11 is 0. The van der Waals surface area contributed by atoms with Crippen LogP contribution in [0.1, 0.15) is 6.92 Å². The van der Waals surface area contributed by atoms with Crippen molar-refractivity contribution in [1.29, 1.82) is 0 Å². The number of Topliss-reactive ketones (excluding diaryl/α,β-unsaturated/α-hetero) is 1. The van der Waals surface area contributed by atoms with Crippen LogP contribution in [-0.2, 0) is 55.0 Å². The van der Waals surface area contributed by atoms with E-state index >= 15 is 0 Å². The molecule has 9 N–H and O–H groups in total. The molecule has 0 amide bonds. The fourth-order valence-electron chi connectivity index (χ4n) is 1.27. The smallest absolute Gasteiger partial charge is 0.388 e. The van der Waals surface area contributed by atoms with Crippen LogP contribution in [0.2, 0.25) is 0 Å². The Bertz CT molecular complexity index is 889. The van der Waals surface area contributed by atoms with Crippen LogP contribution in [0.4, 0.5) is 0 Å². The molecule has 25 heteroatoms. The molecule has 0 aliphatic heterocycles. The van der Waals surface area contributed by atoms with Gasteiger partial charge in [0, 0.05) is 6.92 Å². The molecular weight excluding hydrogens is 580 g/mol. The number of rotatable bonds is 15. The van der Waals surface area contributed by atoms with Gasteiger partial charge in [-0.1, -0.05) is 0 Å². The van der Waals surface area contributed by atoms with E-state index in [9.17, 15) is 42.9 Å². The van der Waals surface area contributed by atoms with Crippen LogP contribution in [0.15, 0.2) is 0 Å². The Labute approximate surface area is 194 Å². The molecule has 0 aliphatic rings. The van der Waals surface area contributed by atoms with Crippen molar-refractivity contribution in [1.82, 2.24) is 0 Å². The van der Waals surface area contributed by atoms with Gasteiger partial charge in [0.1, 0.15) is 24.9 Å². The molecule has 0 heterocycles. The van der Waals surface area contributed by atoms with E-state index in [-0.39, 0.29) is 6.29 Å². The molecule has 0 fully saturated rings. The first-order valence-electron chi connectivity index (χ1n) is 8.14. The van der Waals surface area contributed by atoms with Crippen molar-refractivity contribution in [2.24, 2.45) is 0 Å². The average molecular weight is 602 g/mol. The Morgan fingerprint density at radius 2 is 1.31 bits per heavy atom. The number of carbonyl (C=O) groups is 3. The van der Waals surface area contributed by atoms with Crippen molar-refractivity contribution < 1.29 is 99.7 Å². The van der Waals surface area contributed by atoms with Crippen LogP contribution in [0, 0.1) is 0 Å². The lowest BCUT2D eigenvalue weighted by Gasteiger charge is -2.17.